The first-order chi connectivity index (χ1) is 14.4. The van der Waals surface area contributed by atoms with Crippen molar-refractivity contribution in [1.82, 2.24) is 5.32 Å². The van der Waals surface area contributed by atoms with E-state index in [4.69, 9.17) is 4.74 Å². The van der Waals surface area contributed by atoms with Crippen molar-refractivity contribution < 1.29 is 23.9 Å². The van der Waals surface area contributed by atoms with Crippen molar-refractivity contribution in [3.05, 3.63) is 29.8 Å². The largest absolute Gasteiger partial charge is 0.452 e. The Balaban J connectivity index is 1.19. The molecule has 4 aliphatic carbocycles. The van der Waals surface area contributed by atoms with Gasteiger partial charge in [0.05, 0.1) is 11.3 Å². The third-order valence-corrected chi connectivity index (χ3v) is 7.17. The predicted octanol–water partition coefficient (Wildman–Crippen LogP) is 2.58. The number of hydrogen-bond acceptors (Lipinski definition) is 5. The van der Waals surface area contributed by atoms with Gasteiger partial charge in [0.25, 0.3) is 5.91 Å². The number of rotatable bonds is 5. The lowest BCUT2D eigenvalue weighted by atomic mass is 9.53. The Labute approximate surface area is 175 Å². The molecule has 6 rings (SSSR count). The highest BCUT2D eigenvalue weighted by molar-refractivity contribution is 6.20. The van der Waals surface area contributed by atoms with E-state index < -0.39 is 5.97 Å². The third kappa shape index (κ3) is 3.50. The van der Waals surface area contributed by atoms with Gasteiger partial charge in [-0.05, 0) is 74.5 Å². The average molecular weight is 410 g/mol. The average Bonchev–Trinajstić information content (AvgIpc) is 3.03. The van der Waals surface area contributed by atoms with Gasteiger partial charge in [-0.1, -0.05) is 6.07 Å². The van der Waals surface area contributed by atoms with Crippen LogP contribution in [-0.2, 0) is 19.1 Å². The topological polar surface area (TPSA) is 92.8 Å². The number of esters is 1. The zero-order valence-corrected chi connectivity index (χ0v) is 16.9. The number of imide groups is 1. The maximum Gasteiger partial charge on any atom is 0.338 e. The van der Waals surface area contributed by atoms with Crippen molar-refractivity contribution in [2.24, 2.45) is 17.8 Å². The van der Waals surface area contributed by atoms with Gasteiger partial charge in [-0.25, -0.2) is 4.79 Å². The molecule has 7 nitrogen and oxygen atoms in total. The van der Waals surface area contributed by atoms with Crippen LogP contribution in [0.4, 0.5) is 5.69 Å². The number of nitrogens with one attached hydrogen (secondary N) is 1. The zero-order chi connectivity index (χ0) is 20.9. The lowest BCUT2D eigenvalue weighted by Crippen LogP contribution is -2.60. The third-order valence-electron chi connectivity index (χ3n) is 7.17. The summed E-state index contributed by atoms with van der Waals surface area (Å²) >= 11 is 0. The smallest absolute Gasteiger partial charge is 0.338 e. The van der Waals surface area contributed by atoms with Gasteiger partial charge in [0.2, 0.25) is 11.8 Å². The van der Waals surface area contributed by atoms with Gasteiger partial charge in [-0.3, -0.25) is 19.3 Å². The summed E-state index contributed by atoms with van der Waals surface area (Å²) in [6.07, 6.45) is 7.36. The van der Waals surface area contributed by atoms with Crippen LogP contribution in [0.2, 0.25) is 0 Å². The highest BCUT2D eigenvalue weighted by Gasteiger charge is 2.51. The summed E-state index contributed by atoms with van der Waals surface area (Å²) in [5, 5.41) is 3.19. The maximum atomic E-state index is 12.5. The van der Waals surface area contributed by atoms with Crippen LogP contribution in [0.1, 0.15) is 61.7 Å². The number of ether oxygens (including phenoxy) is 1. The van der Waals surface area contributed by atoms with Crippen molar-refractivity contribution in [2.75, 3.05) is 11.5 Å². The number of hydrogen-bond donors (Lipinski definition) is 1. The fourth-order valence-electron chi connectivity index (χ4n) is 6.45. The van der Waals surface area contributed by atoms with Crippen LogP contribution in [0.3, 0.4) is 0 Å². The van der Waals surface area contributed by atoms with Crippen LogP contribution in [-0.4, -0.2) is 35.8 Å². The molecule has 1 aromatic rings. The van der Waals surface area contributed by atoms with E-state index in [2.05, 4.69) is 5.32 Å². The molecule has 0 spiro atoms. The second-order valence-corrected chi connectivity index (χ2v) is 9.50. The summed E-state index contributed by atoms with van der Waals surface area (Å²) < 4.78 is 5.24. The predicted molar refractivity (Wildman–Crippen MR) is 107 cm³/mol. The summed E-state index contributed by atoms with van der Waals surface area (Å²) in [6, 6.07) is 6.21. The van der Waals surface area contributed by atoms with Crippen LogP contribution in [0.25, 0.3) is 0 Å². The molecule has 5 aliphatic rings. The van der Waals surface area contributed by atoms with E-state index >= 15 is 0 Å². The molecule has 7 heteroatoms. The van der Waals surface area contributed by atoms with E-state index in [1.165, 1.54) is 25.3 Å². The van der Waals surface area contributed by atoms with E-state index in [9.17, 15) is 19.2 Å². The number of carbonyl (C=O) groups excluding carboxylic acids is 4. The van der Waals surface area contributed by atoms with Crippen molar-refractivity contribution in [2.45, 2.75) is 56.9 Å². The van der Waals surface area contributed by atoms with Gasteiger partial charge >= 0.3 is 5.97 Å². The van der Waals surface area contributed by atoms with Crippen LogP contribution in [0.5, 0.6) is 0 Å². The van der Waals surface area contributed by atoms with E-state index in [1.54, 1.807) is 18.2 Å². The Morgan fingerprint density at radius 2 is 1.60 bits per heavy atom. The van der Waals surface area contributed by atoms with Crippen molar-refractivity contribution >= 4 is 29.4 Å². The summed E-state index contributed by atoms with van der Waals surface area (Å²) in [4.78, 5) is 49.9. The molecule has 4 bridgehead atoms. The van der Waals surface area contributed by atoms with E-state index in [-0.39, 0.29) is 48.3 Å². The molecule has 5 fully saturated rings. The Morgan fingerprint density at radius 1 is 1.00 bits per heavy atom. The summed E-state index contributed by atoms with van der Waals surface area (Å²) in [5.41, 5.74) is 0.451. The lowest BCUT2D eigenvalue weighted by molar-refractivity contribution is -0.130. The summed E-state index contributed by atoms with van der Waals surface area (Å²) in [6.45, 7) is -0.327. The molecule has 0 unspecified atom stereocenters. The van der Waals surface area contributed by atoms with Crippen LogP contribution >= 0.6 is 0 Å². The van der Waals surface area contributed by atoms with Crippen LogP contribution in [0.15, 0.2) is 24.3 Å². The first-order valence-electron chi connectivity index (χ1n) is 10.8. The van der Waals surface area contributed by atoms with E-state index in [0.717, 1.165) is 41.9 Å². The number of carbonyl (C=O) groups is 4. The number of anilines is 1. The van der Waals surface area contributed by atoms with Gasteiger partial charge < -0.3 is 10.1 Å². The Bertz CT molecular complexity index is 873. The number of benzene rings is 1. The first kappa shape index (κ1) is 19.3. The molecule has 158 valence electrons. The molecular weight excluding hydrogens is 384 g/mol. The van der Waals surface area contributed by atoms with Crippen LogP contribution in [0, 0.1) is 17.8 Å². The summed E-state index contributed by atoms with van der Waals surface area (Å²) in [7, 11) is 0. The molecule has 3 amide bonds. The molecule has 1 N–H and O–H groups in total. The molecule has 1 saturated heterocycles. The zero-order valence-electron chi connectivity index (χ0n) is 16.9. The Morgan fingerprint density at radius 3 is 2.20 bits per heavy atom. The maximum absolute atomic E-state index is 12.5. The minimum atomic E-state index is -0.642. The Kier molecular flexibility index (Phi) is 4.64. The van der Waals surface area contributed by atoms with Gasteiger partial charge in [-0.2, -0.15) is 0 Å². The van der Waals surface area contributed by atoms with Crippen LogP contribution < -0.4 is 10.2 Å². The minimum absolute atomic E-state index is 0.116. The highest BCUT2D eigenvalue weighted by atomic mass is 16.5. The summed E-state index contributed by atoms with van der Waals surface area (Å²) in [5.74, 6) is 0.706. The number of nitrogens with zero attached hydrogens (tertiary/aromatic N) is 1. The standard InChI is InChI=1S/C23H26N2O5/c26-19(24-23-10-14-6-15(11-23)8-16(7-14)12-23)13-30-22(29)17-2-1-3-18(9-17)25-20(27)4-5-21(25)28/h1-3,9,14-16H,4-8,10-13H2,(H,24,26). The van der Waals surface area contributed by atoms with Gasteiger partial charge in [0.15, 0.2) is 6.61 Å². The molecule has 30 heavy (non-hydrogen) atoms. The first-order valence-corrected chi connectivity index (χ1v) is 10.8. The van der Waals surface area contributed by atoms with Crippen molar-refractivity contribution in [3.63, 3.8) is 0 Å². The lowest BCUT2D eigenvalue weighted by Gasteiger charge is -2.56. The fraction of sp³-hybridized carbons (Fsp3) is 0.565. The second-order valence-electron chi connectivity index (χ2n) is 9.50. The molecule has 1 aliphatic heterocycles. The molecule has 0 radical (unpaired) electrons. The molecule has 1 aromatic carbocycles. The fourth-order valence-corrected chi connectivity index (χ4v) is 6.45. The molecule has 1 heterocycles. The molecular formula is C23H26N2O5. The van der Waals surface area contributed by atoms with Crippen molar-refractivity contribution in [3.8, 4) is 0 Å². The molecule has 4 saturated carbocycles. The second kappa shape index (κ2) is 7.22. The number of amides is 3. The van der Waals surface area contributed by atoms with E-state index in [1.807, 2.05) is 0 Å². The normalized spacial score (nSPS) is 31.9. The van der Waals surface area contributed by atoms with Gasteiger partial charge in [0, 0.05) is 18.4 Å². The highest BCUT2D eigenvalue weighted by Crippen LogP contribution is 2.55. The minimum Gasteiger partial charge on any atom is -0.452 e. The van der Waals surface area contributed by atoms with Crippen molar-refractivity contribution in [1.29, 1.82) is 0 Å². The van der Waals surface area contributed by atoms with E-state index in [0.29, 0.717) is 5.69 Å². The SMILES string of the molecule is O=C(COC(=O)c1cccc(N2C(=O)CCC2=O)c1)NC12CC3CC(CC(C3)C1)C2. The Hall–Kier alpha value is -2.70. The quantitative estimate of drug-likeness (QED) is 0.595. The monoisotopic (exact) mass is 410 g/mol. The van der Waals surface area contributed by atoms with Gasteiger partial charge in [-0.15, -0.1) is 0 Å². The van der Waals surface area contributed by atoms with Gasteiger partial charge in [0.1, 0.15) is 0 Å². The molecule has 0 atom stereocenters. The molecule has 0 aromatic heterocycles.